The van der Waals surface area contributed by atoms with E-state index in [1.807, 2.05) is 4.90 Å². The van der Waals surface area contributed by atoms with Crippen molar-refractivity contribution in [2.24, 2.45) is 5.92 Å². The predicted octanol–water partition coefficient (Wildman–Crippen LogP) is 3.55. The quantitative estimate of drug-likeness (QED) is 0.622. The van der Waals surface area contributed by atoms with Gasteiger partial charge in [-0.05, 0) is 37.7 Å². The topological polar surface area (TPSA) is 96.8 Å². The molecule has 0 radical (unpaired) electrons. The van der Waals surface area contributed by atoms with Gasteiger partial charge in [0.1, 0.15) is 5.82 Å². The molecule has 0 spiro atoms. The molecule has 3 heterocycles. The zero-order valence-corrected chi connectivity index (χ0v) is 19.3. The number of hydrogen-bond donors (Lipinski definition) is 1. The molecule has 0 atom stereocenters. The van der Waals surface area contributed by atoms with Gasteiger partial charge in [0.2, 0.25) is 5.91 Å². The van der Waals surface area contributed by atoms with E-state index >= 15 is 0 Å². The number of carbonyl (C=O) groups excluding carboxylic acids is 1. The van der Waals surface area contributed by atoms with E-state index in [2.05, 4.69) is 46.5 Å². The fraction of sp³-hybridized carbons (Fsp3) is 0.560. The molecule has 174 valence electrons. The third-order valence-electron chi connectivity index (χ3n) is 7.32. The number of aryl methyl sites for hydroxylation is 1. The van der Waals surface area contributed by atoms with E-state index in [4.69, 9.17) is 4.98 Å². The minimum absolute atomic E-state index is 0.128. The Morgan fingerprint density at radius 3 is 2.55 bits per heavy atom. The van der Waals surface area contributed by atoms with Crippen molar-refractivity contribution in [3.05, 3.63) is 51.6 Å². The van der Waals surface area contributed by atoms with Gasteiger partial charge >= 0.3 is 0 Å². The second kappa shape index (κ2) is 9.45. The maximum atomic E-state index is 12.7. The number of carbonyl (C=O) groups is 1. The maximum absolute atomic E-state index is 12.7. The standard InChI is InChI=1S/C25H32N6O2/c1-17-6-8-19(9-7-17)16-31-24-22(28-29-31)25(33)27-23(26-24)20-12-14-30(15-13-20)21(32)11-10-18-4-2-3-5-18/h6-9,18,20H,2-5,10-16H2,1H3,(H,26,27,33). The Hall–Kier alpha value is -3.03. The van der Waals surface area contributed by atoms with Gasteiger partial charge in [-0.1, -0.05) is 60.7 Å². The van der Waals surface area contributed by atoms with Gasteiger partial charge in [0.15, 0.2) is 11.2 Å². The molecule has 3 aromatic rings. The molecule has 8 heteroatoms. The molecule has 0 unspecified atom stereocenters. The molecule has 1 aliphatic carbocycles. The summed E-state index contributed by atoms with van der Waals surface area (Å²) in [6.07, 6.45) is 8.52. The van der Waals surface area contributed by atoms with Gasteiger partial charge in [-0.15, -0.1) is 5.10 Å². The van der Waals surface area contributed by atoms with Crippen LogP contribution in [0.1, 0.15) is 74.2 Å². The summed E-state index contributed by atoms with van der Waals surface area (Å²) in [5, 5.41) is 8.24. The molecule has 1 amide bonds. The van der Waals surface area contributed by atoms with Crippen LogP contribution < -0.4 is 5.56 Å². The van der Waals surface area contributed by atoms with Crippen molar-refractivity contribution in [1.82, 2.24) is 29.9 Å². The van der Waals surface area contributed by atoms with Crippen molar-refractivity contribution in [1.29, 1.82) is 0 Å². The number of amides is 1. The van der Waals surface area contributed by atoms with Crippen LogP contribution in [-0.2, 0) is 11.3 Å². The number of aromatic nitrogens is 5. The molecule has 5 rings (SSSR count). The molecule has 2 aliphatic rings. The second-order valence-corrected chi connectivity index (χ2v) is 9.70. The highest BCUT2D eigenvalue weighted by Gasteiger charge is 2.27. The fourth-order valence-electron chi connectivity index (χ4n) is 5.24. The number of piperidine rings is 1. The van der Waals surface area contributed by atoms with Crippen LogP contribution >= 0.6 is 0 Å². The second-order valence-electron chi connectivity index (χ2n) is 9.70. The van der Waals surface area contributed by atoms with Gasteiger partial charge in [0, 0.05) is 25.4 Å². The lowest BCUT2D eigenvalue weighted by Gasteiger charge is -2.31. The first-order valence-electron chi connectivity index (χ1n) is 12.2. The van der Waals surface area contributed by atoms with E-state index in [0.29, 0.717) is 24.4 Å². The van der Waals surface area contributed by atoms with Crippen molar-refractivity contribution >= 4 is 17.1 Å². The van der Waals surface area contributed by atoms with Gasteiger partial charge in [0.05, 0.1) is 6.54 Å². The first-order valence-corrected chi connectivity index (χ1v) is 12.2. The highest BCUT2D eigenvalue weighted by Crippen LogP contribution is 2.30. The van der Waals surface area contributed by atoms with Crippen LogP contribution in [0.15, 0.2) is 29.1 Å². The molecule has 1 saturated heterocycles. The highest BCUT2D eigenvalue weighted by atomic mass is 16.2. The molecule has 1 aromatic carbocycles. The van der Waals surface area contributed by atoms with Crippen LogP contribution in [0.25, 0.3) is 11.2 Å². The summed E-state index contributed by atoms with van der Waals surface area (Å²) in [7, 11) is 0. The van der Waals surface area contributed by atoms with Crippen LogP contribution in [0, 0.1) is 12.8 Å². The first-order chi connectivity index (χ1) is 16.1. The fourth-order valence-corrected chi connectivity index (χ4v) is 5.24. The number of H-pyrrole nitrogens is 1. The van der Waals surface area contributed by atoms with Gasteiger partial charge in [0.25, 0.3) is 5.56 Å². The number of nitrogens with zero attached hydrogens (tertiary/aromatic N) is 5. The molecule has 1 aliphatic heterocycles. The Labute approximate surface area is 193 Å². The lowest BCUT2D eigenvalue weighted by atomic mass is 9.95. The Kier molecular flexibility index (Phi) is 6.24. The summed E-state index contributed by atoms with van der Waals surface area (Å²) < 4.78 is 1.69. The molecule has 8 nitrogen and oxygen atoms in total. The summed E-state index contributed by atoms with van der Waals surface area (Å²) in [6.45, 7) is 4.00. The smallest absolute Gasteiger partial charge is 0.281 e. The van der Waals surface area contributed by atoms with E-state index in [-0.39, 0.29) is 22.9 Å². The molecule has 1 N–H and O–H groups in total. The predicted molar refractivity (Wildman–Crippen MR) is 126 cm³/mol. The van der Waals surface area contributed by atoms with Crippen LogP contribution in [0.3, 0.4) is 0 Å². The van der Waals surface area contributed by atoms with Gasteiger partial charge in [-0.2, -0.15) is 0 Å². The highest BCUT2D eigenvalue weighted by molar-refractivity contribution is 5.76. The van der Waals surface area contributed by atoms with Crippen molar-refractivity contribution in [2.75, 3.05) is 13.1 Å². The molecular formula is C25H32N6O2. The molecule has 0 bridgehead atoms. The van der Waals surface area contributed by atoms with E-state index in [1.54, 1.807) is 4.68 Å². The van der Waals surface area contributed by atoms with E-state index in [9.17, 15) is 9.59 Å². The third-order valence-corrected chi connectivity index (χ3v) is 7.32. The summed E-state index contributed by atoms with van der Waals surface area (Å²) in [5.74, 6) is 1.82. The zero-order valence-electron chi connectivity index (χ0n) is 19.3. The number of fused-ring (bicyclic) bond motifs is 1. The number of rotatable bonds is 6. The lowest BCUT2D eigenvalue weighted by molar-refractivity contribution is -0.132. The Morgan fingerprint density at radius 2 is 1.82 bits per heavy atom. The normalized spacial score (nSPS) is 17.8. The average Bonchev–Trinajstić information content (AvgIpc) is 3.50. The molecule has 1 saturated carbocycles. The Bertz CT molecular complexity index is 1170. The minimum Gasteiger partial charge on any atom is -0.343 e. The molecule has 2 fully saturated rings. The lowest BCUT2D eigenvalue weighted by Crippen LogP contribution is -2.38. The number of hydrogen-bond acceptors (Lipinski definition) is 5. The monoisotopic (exact) mass is 448 g/mol. The van der Waals surface area contributed by atoms with Gasteiger partial charge < -0.3 is 9.88 Å². The van der Waals surface area contributed by atoms with Crippen LogP contribution in [0.4, 0.5) is 0 Å². The summed E-state index contributed by atoms with van der Waals surface area (Å²) in [5.41, 5.74) is 2.82. The number of likely N-dealkylation sites (tertiary alicyclic amines) is 1. The van der Waals surface area contributed by atoms with Crippen LogP contribution in [0.2, 0.25) is 0 Å². The number of aromatic amines is 1. The van der Waals surface area contributed by atoms with Crippen molar-refractivity contribution in [3.8, 4) is 0 Å². The average molecular weight is 449 g/mol. The van der Waals surface area contributed by atoms with Gasteiger partial charge in [-0.25, -0.2) is 9.67 Å². The first kappa shape index (κ1) is 21.8. The Balaban J connectivity index is 1.25. The van der Waals surface area contributed by atoms with Crippen molar-refractivity contribution in [3.63, 3.8) is 0 Å². The molecular weight excluding hydrogens is 416 g/mol. The SMILES string of the molecule is Cc1ccc(Cn2nnc3c(=O)[nH]c(C4CCN(C(=O)CCC5CCCC5)CC4)nc32)cc1. The minimum atomic E-state index is -0.250. The number of nitrogens with one attached hydrogen (secondary N) is 1. The summed E-state index contributed by atoms with van der Waals surface area (Å²) >= 11 is 0. The van der Waals surface area contributed by atoms with Crippen LogP contribution in [0.5, 0.6) is 0 Å². The zero-order chi connectivity index (χ0) is 22.8. The third kappa shape index (κ3) is 4.84. The number of benzene rings is 1. The van der Waals surface area contributed by atoms with Crippen molar-refractivity contribution in [2.45, 2.75) is 70.8 Å². The summed E-state index contributed by atoms with van der Waals surface area (Å²) in [6, 6.07) is 8.22. The molecule has 33 heavy (non-hydrogen) atoms. The van der Waals surface area contributed by atoms with E-state index in [0.717, 1.165) is 43.8 Å². The van der Waals surface area contributed by atoms with E-state index < -0.39 is 0 Å². The van der Waals surface area contributed by atoms with Crippen LogP contribution in [-0.4, -0.2) is 48.9 Å². The van der Waals surface area contributed by atoms with Crippen molar-refractivity contribution < 1.29 is 4.79 Å². The maximum Gasteiger partial charge on any atom is 0.281 e. The molecule has 2 aromatic heterocycles. The summed E-state index contributed by atoms with van der Waals surface area (Å²) in [4.78, 5) is 35.0. The van der Waals surface area contributed by atoms with E-state index in [1.165, 1.54) is 31.2 Å². The largest absolute Gasteiger partial charge is 0.343 e. The van der Waals surface area contributed by atoms with Gasteiger partial charge in [-0.3, -0.25) is 9.59 Å². The Morgan fingerprint density at radius 1 is 1.09 bits per heavy atom.